The number of ketones is 1. The van der Waals surface area contributed by atoms with E-state index < -0.39 is 6.10 Å². The Balaban J connectivity index is 1.97. The first-order chi connectivity index (χ1) is 9.60. The minimum absolute atomic E-state index is 0.0204. The molecule has 1 aromatic rings. The first-order valence-corrected chi connectivity index (χ1v) is 6.28. The van der Waals surface area contributed by atoms with Crippen LogP contribution in [0.25, 0.3) is 0 Å². The van der Waals surface area contributed by atoms with E-state index in [1.807, 2.05) is 6.07 Å². The Labute approximate surface area is 116 Å². The largest absolute Gasteiger partial charge is 0.360 e. The summed E-state index contributed by atoms with van der Waals surface area (Å²) in [5.74, 6) is -0.0204. The predicted molar refractivity (Wildman–Crippen MR) is 72.4 cm³/mol. The summed E-state index contributed by atoms with van der Waals surface area (Å²) >= 11 is 0. The number of nitrogens with one attached hydrogen (secondary N) is 1. The molecule has 0 saturated carbocycles. The smallest absolute Gasteiger partial charge is 0.322 e. The van der Waals surface area contributed by atoms with Crippen LogP contribution in [0.5, 0.6) is 0 Å². The summed E-state index contributed by atoms with van der Waals surface area (Å²) in [6.07, 6.45) is -0.574. The van der Waals surface area contributed by atoms with Gasteiger partial charge in [-0.1, -0.05) is 0 Å². The van der Waals surface area contributed by atoms with Crippen LogP contribution in [0, 0.1) is 11.3 Å². The number of carbonyl (C=O) groups is 2. The molecular weight excluding hydrogens is 258 g/mol. The lowest BCUT2D eigenvalue weighted by Gasteiger charge is -2.29. The number of anilines is 1. The molecule has 0 aromatic heterocycles. The number of benzene rings is 1. The van der Waals surface area contributed by atoms with Crippen molar-refractivity contribution in [2.75, 3.05) is 25.0 Å². The zero-order chi connectivity index (χ0) is 14.5. The number of carbonyl (C=O) groups excluding carboxylic acids is 2. The summed E-state index contributed by atoms with van der Waals surface area (Å²) in [5, 5.41) is 11.5. The van der Waals surface area contributed by atoms with Crippen molar-refractivity contribution in [2.45, 2.75) is 13.0 Å². The monoisotopic (exact) mass is 273 g/mol. The fourth-order valence-corrected chi connectivity index (χ4v) is 1.90. The highest BCUT2D eigenvalue weighted by Gasteiger charge is 2.23. The number of hydrogen-bond acceptors (Lipinski definition) is 4. The Kier molecular flexibility index (Phi) is 4.33. The van der Waals surface area contributed by atoms with E-state index in [-0.39, 0.29) is 18.4 Å². The molecule has 1 aliphatic rings. The van der Waals surface area contributed by atoms with Crippen LogP contribution >= 0.6 is 0 Å². The molecule has 2 amide bonds. The first-order valence-electron chi connectivity index (χ1n) is 6.28. The summed E-state index contributed by atoms with van der Waals surface area (Å²) in [5.41, 5.74) is 1.21. The fraction of sp³-hybridized carbons (Fsp3) is 0.357. The van der Waals surface area contributed by atoms with Crippen molar-refractivity contribution >= 4 is 17.5 Å². The number of hydrogen-bond donors (Lipinski definition) is 1. The van der Waals surface area contributed by atoms with Crippen molar-refractivity contribution in [2.24, 2.45) is 0 Å². The number of morpholine rings is 1. The number of rotatable bonds is 2. The summed E-state index contributed by atoms with van der Waals surface area (Å²) < 4.78 is 5.18. The minimum Gasteiger partial charge on any atom is -0.360 e. The van der Waals surface area contributed by atoms with Crippen LogP contribution in [0.15, 0.2) is 24.3 Å². The Morgan fingerprint density at radius 1 is 1.40 bits per heavy atom. The van der Waals surface area contributed by atoms with Crippen molar-refractivity contribution in [3.8, 4) is 6.07 Å². The van der Waals surface area contributed by atoms with E-state index in [2.05, 4.69) is 5.32 Å². The molecule has 0 radical (unpaired) electrons. The van der Waals surface area contributed by atoms with Crippen molar-refractivity contribution < 1.29 is 14.3 Å². The van der Waals surface area contributed by atoms with E-state index in [0.29, 0.717) is 24.4 Å². The molecule has 6 nitrogen and oxygen atoms in total. The van der Waals surface area contributed by atoms with Gasteiger partial charge in [0, 0.05) is 17.8 Å². The molecule has 1 aromatic carbocycles. The first kappa shape index (κ1) is 14.0. The van der Waals surface area contributed by atoms with Gasteiger partial charge in [-0.05, 0) is 31.2 Å². The van der Waals surface area contributed by atoms with Gasteiger partial charge >= 0.3 is 6.03 Å². The molecule has 104 valence electrons. The van der Waals surface area contributed by atoms with Gasteiger partial charge in [0.05, 0.1) is 19.2 Å². The van der Waals surface area contributed by atoms with Gasteiger partial charge in [-0.25, -0.2) is 4.79 Å². The SMILES string of the molecule is CC(=O)c1ccc(NC(=O)N2CCOC(C#N)C2)cc1. The zero-order valence-corrected chi connectivity index (χ0v) is 11.1. The minimum atomic E-state index is -0.574. The lowest BCUT2D eigenvalue weighted by Crippen LogP contribution is -2.46. The number of amides is 2. The van der Waals surface area contributed by atoms with E-state index in [1.165, 1.54) is 11.8 Å². The highest BCUT2D eigenvalue weighted by Crippen LogP contribution is 2.12. The van der Waals surface area contributed by atoms with Gasteiger partial charge in [0.15, 0.2) is 11.9 Å². The normalized spacial score (nSPS) is 18.2. The van der Waals surface area contributed by atoms with Gasteiger partial charge in [0.1, 0.15) is 0 Å². The van der Waals surface area contributed by atoms with Crippen LogP contribution in [0.4, 0.5) is 10.5 Å². The third-order valence-electron chi connectivity index (χ3n) is 3.04. The summed E-state index contributed by atoms with van der Waals surface area (Å²) in [6.45, 7) is 2.56. The lowest BCUT2D eigenvalue weighted by molar-refractivity contribution is 0.0181. The lowest BCUT2D eigenvalue weighted by atomic mass is 10.1. The maximum Gasteiger partial charge on any atom is 0.322 e. The average molecular weight is 273 g/mol. The highest BCUT2D eigenvalue weighted by atomic mass is 16.5. The second kappa shape index (κ2) is 6.17. The quantitative estimate of drug-likeness (QED) is 0.830. The van der Waals surface area contributed by atoms with Gasteiger partial charge < -0.3 is 15.0 Å². The second-order valence-electron chi connectivity index (χ2n) is 4.50. The fourth-order valence-electron chi connectivity index (χ4n) is 1.90. The van der Waals surface area contributed by atoms with Crippen LogP contribution in [0.2, 0.25) is 0 Å². The molecule has 0 bridgehead atoms. The number of urea groups is 1. The van der Waals surface area contributed by atoms with Gasteiger partial charge in [-0.3, -0.25) is 4.79 Å². The Morgan fingerprint density at radius 3 is 2.70 bits per heavy atom. The second-order valence-corrected chi connectivity index (χ2v) is 4.50. The van der Waals surface area contributed by atoms with Crippen LogP contribution < -0.4 is 5.32 Å². The predicted octanol–water partition coefficient (Wildman–Crippen LogP) is 1.65. The Morgan fingerprint density at radius 2 is 2.10 bits per heavy atom. The van der Waals surface area contributed by atoms with E-state index in [9.17, 15) is 9.59 Å². The van der Waals surface area contributed by atoms with E-state index in [4.69, 9.17) is 10.00 Å². The number of Topliss-reactive ketones (excluding diaryl/α,β-unsaturated/α-hetero) is 1. The topological polar surface area (TPSA) is 82.4 Å². The van der Waals surface area contributed by atoms with Crippen LogP contribution in [-0.2, 0) is 4.74 Å². The molecule has 1 unspecified atom stereocenters. The summed E-state index contributed by atoms with van der Waals surface area (Å²) in [4.78, 5) is 24.7. The molecule has 1 saturated heterocycles. The van der Waals surface area contributed by atoms with E-state index >= 15 is 0 Å². The average Bonchev–Trinajstić information content (AvgIpc) is 2.47. The number of nitriles is 1. The van der Waals surface area contributed by atoms with E-state index in [1.54, 1.807) is 24.3 Å². The third kappa shape index (κ3) is 3.33. The standard InChI is InChI=1S/C14H15N3O3/c1-10(18)11-2-4-12(5-3-11)16-14(19)17-6-7-20-13(8-15)9-17/h2-5,13H,6-7,9H2,1H3,(H,16,19). The van der Waals surface area contributed by atoms with Gasteiger partial charge in [0.25, 0.3) is 0 Å². The summed E-state index contributed by atoms with van der Waals surface area (Å²) in [6, 6.07) is 8.40. The van der Waals surface area contributed by atoms with Crippen LogP contribution in [0.3, 0.4) is 0 Å². The van der Waals surface area contributed by atoms with Crippen LogP contribution in [-0.4, -0.2) is 42.5 Å². The molecule has 0 spiro atoms. The van der Waals surface area contributed by atoms with Crippen molar-refractivity contribution in [3.63, 3.8) is 0 Å². The molecule has 0 aliphatic carbocycles. The van der Waals surface area contributed by atoms with Gasteiger partial charge in [-0.15, -0.1) is 0 Å². The maximum atomic E-state index is 12.0. The maximum absolute atomic E-state index is 12.0. The molecule has 1 atom stereocenters. The van der Waals surface area contributed by atoms with Crippen molar-refractivity contribution in [3.05, 3.63) is 29.8 Å². The molecule has 1 fully saturated rings. The number of nitrogens with zero attached hydrogens (tertiary/aromatic N) is 2. The molecule has 2 rings (SSSR count). The molecule has 1 aliphatic heterocycles. The molecular formula is C14H15N3O3. The Bertz CT molecular complexity index is 548. The third-order valence-corrected chi connectivity index (χ3v) is 3.04. The van der Waals surface area contributed by atoms with Crippen molar-refractivity contribution in [1.82, 2.24) is 4.90 Å². The van der Waals surface area contributed by atoms with Crippen molar-refractivity contribution in [1.29, 1.82) is 5.26 Å². The zero-order valence-electron chi connectivity index (χ0n) is 11.1. The van der Waals surface area contributed by atoms with Crippen LogP contribution in [0.1, 0.15) is 17.3 Å². The van der Waals surface area contributed by atoms with E-state index in [0.717, 1.165) is 0 Å². The van der Waals surface area contributed by atoms with Gasteiger partial charge in [0.2, 0.25) is 0 Å². The molecule has 6 heteroatoms. The summed E-state index contributed by atoms with van der Waals surface area (Å²) in [7, 11) is 0. The molecule has 20 heavy (non-hydrogen) atoms. The molecule has 1 heterocycles. The highest BCUT2D eigenvalue weighted by molar-refractivity contribution is 5.95. The Hall–Kier alpha value is -2.39. The van der Waals surface area contributed by atoms with Gasteiger partial charge in [-0.2, -0.15) is 5.26 Å². The number of ether oxygens (including phenoxy) is 1. The molecule has 1 N–H and O–H groups in total.